The van der Waals surface area contributed by atoms with Crippen molar-refractivity contribution in [1.82, 2.24) is 9.97 Å². The zero-order valence-electron chi connectivity index (χ0n) is 37.6. The monoisotopic (exact) mass is 866 g/mol. The highest BCUT2D eigenvalue weighted by Crippen LogP contribution is 2.38. The van der Waals surface area contributed by atoms with Crippen molar-refractivity contribution in [3.05, 3.63) is 118 Å². The first-order valence-electron chi connectivity index (χ1n) is 24.0. The van der Waals surface area contributed by atoms with E-state index < -0.39 is 0 Å². The summed E-state index contributed by atoms with van der Waals surface area (Å²) in [7, 11) is 0. The van der Waals surface area contributed by atoms with Gasteiger partial charge in [0.05, 0.1) is 35.6 Å². The van der Waals surface area contributed by atoms with Gasteiger partial charge >= 0.3 is 0 Å². The van der Waals surface area contributed by atoms with E-state index in [-0.39, 0.29) is 0 Å². The maximum atomic E-state index is 6.13. The molecule has 3 aromatic heterocycles. The summed E-state index contributed by atoms with van der Waals surface area (Å²) in [5.41, 5.74) is 7.86. The summed E-state index contributed by atoms with van der Waals surface area (Å²) in [5.74, 6) is 1.84. The molecule has 0 saturated carbocycles. The minimum Gasteiger partial charge on any atom is -0.494 e. The summed E-state index contributed by atoms with van der Waals surface area (Å²) in [5, 5.41) is 4.25. The van der Waals surface area contributed by atoms with Crippen LogP contribution >= 0.6 is 22.7 Å². The van der Waals surface area contributed by atoms with Crippen LogP contribution in [0, 0.1) is 0 Å². The summed E-state index contributed by atoms with van der Waals surface area (Å²) in [6.45, 7) is 6.10. The van der Waals surface area contributed by atoms with Gasteiger partial charge in [0.2, 0.25) is 0 Å². The fourth-order valence-electron chi connectivity index (χ4n) is 7.93. The van der Waals surface area contributed by atoms with Gasteiger partial charge in [0.15, 0.2) is 0 Å². The van der Waals surface area contributed by atoms with Gasteiger partial charge in [0, 0.05) is 20.9 Å². The zero-order valence-corrected chi connectivity index (χ0v) is 39.3. The lowest BCUT2D eigenvalue weighted by Gasteiger charge is -2.11. The molecule has 0 saturated heterocycles. The van der Waals surface area contributed by atoms with E-state index in [9.17, 15) is 0 Å². The third-order valence-electron chi connectivity index (χ3n) is 11.6. The minimum atomic E-state index is 0.767. The number of hydrogen-bond acceptors (Lipinski definition) is 6. The fraction of sp³-hybridized carbons (Fsp3) is 0.429. The second-order valence-electron chi connectivity index (χ2n) is 16.7. The molecule has 4 nitrogen and oxygen atoms in total. The largest absolute Gasteiger partial charge is 0.494 e. The maximum Gasteiger partial charge on any atom is 0.119 e. The van der Waals surface area contributed by atoms with Crippen LogP contribution in [0.4, 0.5) is 0 Å². The number of hydrogen-bond donors (Lipinski definition) is 0. The Morgan fingerprint density at radius 3 is 1.10 bits per heavy atom. The highest BCUT2D eigenvalue weighted by molar-refractivity contribution is 7.14. The predicted molar refractivity (Wildman–Crippen MR) is 272 cm³/mol. The van der Waals surface area contributed by atoms with Gasteiger partial charge in [-0.2, -0.15) is 0 Å². The highest BCUT2D eigenvalue weighted by Gasteiger charge is 2.16. The van der Waals surface area contributed by atoms with E-state index in [1.165, 1.54) is 125 Å². The van der Waals surface area contributed by atoms with Crippen molar-refractivity contribution in [1.29, 1.82) is 0 Å². The molecular weight excluding hydrogens is 797 g/mol. The lowest BCUT2D eigenvalue weighted by molar-refractivity contribution is 0.304. The van der Waals surface area contributed by atoms with Crippen molar-refractivity contribution < 1.29 is 9.47 Å². The molecule has 3 aromatic carbocycles. The van der Waals surface area contributed by atoms with Crippen LogP contribution in [-0.4, -0.2) is 23.2 Å². The molecular formula is C56H70N2O2S2. The first-order chi connectivity index (χ1) is 30.7. The average Bonchev–Trinajstić information content (AvgIpc) is 4.05. The second-order valence-corrected chi connectivity index (χ2v) is 18.6. The van der Waals surface area contributed by atoms with Gasteiger partial charge in [-0.05, 0) is 83.3 Å². The Balaban J connectivity index is 1.11. The summed E-state index contributed by atoms with van der Waals surface area (Å²) < 4.78 is 12.3. The van der Waals surface area contributed by atoms with Crippen molar-refractivity contribution in [2.24, 2.45) is 0 Å². The van der Waals surface area contributed by atoms with E-state index in [0.717, 1.165) is 82.2 Å². The summed E-state index contributed by atoms with van der Waals surface area (Å²) in [6.07, 6.45) is 35.0. The van der Waals surface area contributed by atoms with Crippen molar-refractivity contribution in [2.75, 3.05) is 13.2 Å². The average molecular weight is 867 g/mol. The van der Waals surface area contributed by atoms with Crippen molar-refractivity contribution in [3.63, 3.8) is 0 Å². The summed E-state index contributed by atoms with van der Waals surface area (Å²) in [6, 6.07) is 29.8. The molecule has 0 radical (unpaired) electrons. The van der Waals surface area contributed by atoms with Crippen LogP contribution < -0.4 is 9.47 Å². The maximum absolute atomic E-state index is 6.13. The molecule has 0 aliphatic rings. The van der Waals surface area contributed by atoms with Gasteiger partial charge in [0.1, 0.15) is 11.5 Å². The number of unbranched alkanes of at least 4 members (excludes halogenated alkanes) is 18. The van der Waals surface area contributed by atoms with E-state index >= 15 is 0 Å². The van der Waals surface area contributed by atoms with E-state index in [1.807, 2.05) is 0 Å². The van der Waals surface area contributed by atoms with Gasteiger partial charge in [-0.3, -0.25) is 0 Å². The van der Waals surface area contributed by atoms with Crippen LogP contribution in [0.2, 0.25) is 0 Å². The summed E-state index contributed by atoms with van der Waals surface area (Å²) >= 11 is 3.46. The normalized spacial score (nSPS) is 11.7. The molecule has 0 unspecified atom stereocenters. The first kappa shape index (κ1) is 47.0. The molecule has 0 aliphatic heterocycles. The number of thiophene rings is 2. The number of ether oxygens (including phenoxy) is 2. The molecule has 0 fully saturated rings. The van der Waals surface area contributed by atoms with Crippen LogP contribution in [0.3, 0.4) is 0 Å². The fourth-order valence-corrected chi connectivity index (χ4v) is 9.43. The smallest absolute Gasteiger partial charge is 0.119 e. The zero-order chi connectivity index (χ0) is 42.9. The Kier molecular flexibility index (Phi) is 20.8. The number of nitrogens with zero attached hydrogens (tertiary/aromatic N) is 2. The minimum absolute atomic E-state index is 0.767. The van der Waals surface area contributed by atoms with Crippen molar-refractivity contribution in [2.45, 2.75) is 142 Å². The molecule has 0 N–H and O–H groups in total. The van der Waals surface area contributed by atoms with Gasteiger partial charge in [-0.1, -0.05) is 190 Å². The molecule has 0 aliphatic carbocycles. The topological polar surface area (TPSA) is 44.2 Å². The molecule has 0 bridgehead atoms. The van der Waals surface area contributed by atoms with Gasteiger partial charge in [-0.15, -0.1) is 22.7 Å². The number of aromatic nitrogens is 2. The van der Waals surface area contributed by atoms with E-state index in [4.69, 9.17) is 19.4 Å². The first-order valence-corrected chi connectivity index (χ1v) is 25.7. The van der Waals surface area contributed by atoms with Crippen LogP contribution in [0.1, 0.15) is 165 Å². The number of benzene rings is 3. The third-order valence-corrected chi connectivity index (χ3v) is 13.4. The van der Waals surface area contributed by atoms with Gasteiger partial charge < -0.3 is 9.47 Å². The number of fused-ring (bicyclic) bond motifs is 1. The number of rotatable bonds is 30. The van der Waals surface area contributed by atoms with E-state index in [0.29, 0.717) is 0 Å². The molecule has 0 spiro atoms. The Morgan fingerprint density at radius 2 is 0.758 bits per heavy atom. The predicted octanol–water partition coefficient (Wildman–Crippen LogP) is 18.0. The molecule has 0 atom stereocenters. The standard InChI is InChI=1S/C56H70N2O2S2/c1-3-5-7-9-11-13-15-17-19-21-41-59-47-33-27-45(28-34-47)31-39-51-52(40-32-46-29-35-48(36-30-46)60-42-22-20-18-16-14-12-10-8-6-4-2)58-56-50(54-26-24-44-62-54)38-37-49(55(56)57-51)53-25-23-43-61-53/h23-40,43-44H,3-22,41-42H2,1-2H3/b39-31+,40-32+. The van der Waals surface area contributed by atoms with Crippen LogP contribution in [0.25, 0.3) is 56.2 Å². The Labute approximate surface area is 381 Å². The van der Waals surface area contributed by atoms with Crippen molar-refractivity contribution in [3.8, 4) is 32.4 Å². The van der Waals surface area contributed by atoms with Crippen LogP contribution in [0.15, 0.2) is 95.7 Å². The Bertz CT molecular complexity index is 2010. The van der Waals surface area contributed by atoms with Gasteiger partial charge in [0.25, 0.3) is 0 Å². The SMILES string of the molecule is CCCCCCCCCCCCOc1ccc(/C=C/c2nc3c(-c4cccs4)ccc(-c4cccs4)c3nc2/C=C/c2ccc(OCCCCCCCCCCCC)cc2)cc1. The van der Waals surface area contributed by atoms with Crippen molar-refractivity contribution >= 4 is 58.0 Å². The molecule has 6 aromatic rings. The third kappa shape index (κ3) is 15.7. The molecule has 6 heteroatoms. The highest BCUT2D eigenvalue weighted by atomic mass is 32.1. The van der Waals surface area contributed by atoms with Crippen LogP contribution in [0.5, 0.6) is 11.5 Å². The van der Waals surface area contributed by atoms with E-state index in [2.05, 4.69) is 134 Å². The second kappa shape index (κ2) is 27.5. The van der Waals surface area contributed by atoms with Crippen LogP contribution in [-0.2, 0) is 0 Å². The van der Waals surface area contributed by atoms with E-state index in [1.54, 1.807) is 22.7 Å². The lowest BCUT2D eigenvalue weighted by atomic mass is 10.0. The summed E-state index contributed by atoms with van der Waals surface area (Å²) in [4.78, 5) is 13.2. The lowest BCUT2D eigenvalue weighted by Crippen LogP contribution is -1.98. The molecule has 6 rings (SSSR count). The Hall–Kier alpha value is -4.52. The van der Waals surface area contributed by atoms with Gasteiger partial charge in [-0.25, -0.2) is 9.97 Å². The Morgan fingerprint density at radius 1 is 0.403 bits per heavy atom. The molecule has 0 amide bonds. The molecule has 328 valence electrons. The quantitative estimate of drug-likeness (QED) is 0.0423. The molecule has 62 heavy (non-hydrogen) atoms. The molecule has 3 heterocycles.